The third kappa shape index (κ3) is 1.06. The van der Waals surface area contributed by atoms with E-state index in [9.17, 15) is 4.79 Å². The van der Waals surface area contributed by atoms with Crippen molar-refractivity contribution in [1.29, 1.82) is 0 Å². The Morgan fingerprint density at radius 3 is 2.85 bits per heavy atom. The van der Waals surface area contributed by atoms with Crippen molar-refractivity contribution in [3.05, 3.63) is 17.5 Å². The number of nitrogens with zero attached hydrogens (tertiary/aromatic N) is 2. The molecule has 0 radical (unpaired) electrons. The average molecular weight is 178 g/mol. The summed E-state index contributed by atoms with van der Waals surface area (Å²) in [7, 11) is 1.83. The van der Waals surface area contributed by atoms with Crippen LogP contribution in [0.4, 0.5) is 0 Å². The van der Waals surface area contributed by atoms with Crippen LogP contribution in [0.2, 0.25) is 0 Å². The van der Waals surface area contributed by atoms with Crippen LogP contribution in [0, 0.1) is 6.92 Å². The first-order chi connectivity index (χ1) is 6.09. The largest absolute Gasteiger partial charge is 0.449 e. The third-order valence-electron chi connectivity index (χ3n) is 2.04. The fraction of sp³-hybridized carbons (Fsp3) is 0.333. The van der Waals surface area contributed by atoms with Gasteiger partial charge in [0.15, 0.2) is 17.1 Å². The van der Waals surface area contributed by atoms with Gasteiger partial charge in [-0.2, -0.15) is 5.10 Å². The summed E-state index contributed by atoms with van der Waals surface area (Å²) in [6.45, 7) is 3.34. The molecule has 2 aromatic rings. The van der Waals surface area contributed by atoms with Gasteiger partial charge in [-0.25, -0.2) is 0 Å². The molecule has 2 heterocycles. The van der Waals surface area contributed by atoms with Crippen LogP contribution in [-0.2, 0) is 7.05 Å². The van der Waals surface area contributed by atoms with Gasteiger partial charge in [-0.05, 0) is 6.92 Å². The van der Waals surface area contributed by atoms with Crippen LogP contribution in [0.15, 0.2) is 10.5 Å². The second kappa shape index (κ2) is 2.45. The molecule has 0 amide bonds. The SMILES string of the molecule is CC(=O)c1cc2c(o1)c(C)nn2C. The van der Waals surface area contributed by atoms with Crippen LogP contribution >= 0.6 is 0 Å². The lowest BCUT2D eigenvalue weighted by Crippen LogP contribution is -1.91. The van der Waals surface area contributed by atoms with Crippen molar-refractivity contribution in [2.45, 2.75) is 13.8 Å². The molecule has 2 rings (SSSR count). The van der Waals surface area contributed by atoms with Crippen LogP contribution in [-0.4, -0.2) is 15.6 Å². The van der Waals surface area contributed by atoms with Crippen molar-refractivity contribution in [3.8, 4) is 0 Å². The Hall–Kier alpha value is -1.58. The van der Waals surface area contributed by atoms with E-state index in [1.165, 1.54) is 6.92 Å². The molecule has 0 aliphatic rings. The summed E-state index contributed by atoms with van der Waals surface area (Å²) in [5, 5.41) is 4.16. The van der Waals surface area contributed by atoms with Crippen LogP contribution in [0.25, 0.3) is 11.1 Å². The van der Waals surface area contributed by atoms with Crippen LogP contribution in [0.5, 0.6) is 0 Å². The third-order valence-corrected chi connectivity index (χ3v) is 2.04. The van der Waals surface area contributed by atoms with E-state index >= 15 is 0 Å². The molecule has 0 saturated carbocycles. The van der Waals surface area contributed by atoms with Crippen LogP contribution in [0.1, 0.15) is 23.2 Å². The Bertz CT molecular complexity index is 444. The highest BCUT2D eigenvalue weighted by Gasteiger charge is 2.13. The van der Waals surface area contributed by atoms with E-state index in [1.807, 2.05) is 14.0 Å². The summed E-state index contributed by atoms with van der Waals surface area (Å²) in [4.78, 5) is 11.0. The van der Waals surface area contributed by atoms with Gasteiger partial charge in [-0.3, -0.25) is 9.48 Å². The first kappa shape index (κ1) is 8.04. The average Bonchev–Trinajstić information content (AvgIpc) is 2.55. The summed E-state index contributed by atoms with van der Waals surface area (Å²) < 4.78 is 7.06. The predicted octanol–water partition coefficient (Wildman–Crippen LogP) is 1.68. The van der Waals surface area contributed by atoms with Crippen molar-refractivity contribution in [2.75, 3.05) is 0 Å². The summed E-state index contributed by atoms with van der Waals surface area (Å²) >= 11 is 0. The molecule has 0 unspecified atom stereocenters. The molecule has 0 fully saturated rings. The monoisotopic (exact) mass is 178 g/mol. The van der Waals surface area contributed by atoms with E-state index in [-0.39, 0.29) is 5.78 Å². The minimum atomic E-state index is -0.0596. The van der Waals surface area contributed by atoms with Gasteiger partial charge >= 0.3 is 0 Å². The normalized spacial score (nSPS) is 11.0. The Labute approximate surface area is 75.1 Å². The van der Waals surface area contributed by atoms with E-state index in [4.69, 9.17) is 4.42 Å². The standard InChI is InChI=1S/C9H10N2O2/c1-5-9-7(11(3)10-5)4-8(13-9)6(2)12/h4H,1-3H3. The summed E-state index contributed by atoms with van der Waals surface area (Å²) in [5.74, 6) is 0.335. The van der Waals surface area contributed by atoms with E-state index in [2.05, 4.69) is 5.10 Å². The lowest BCUT2D eigenvalue weighted by atomic mass is 10.3. The molecule has 0 saturated heterocycles. The van der Waals surface area contributed by atoms with E-state index in [0.717, 1.165) is 11.2 Å². The minimum absolute atomic E-state index is 0.0596. The Morgan fingerprint density at radius 2 is 2.31 bits per heavy atom. The molecule has 0 N–H and O–H groups in total. The molecule has 0 aliphatic carbocycles. The molecular formula is C9H10N2O2. The second-order valence-corrected chi connectivity index (χ2v) is 3.09. The molecule has 0 atom stereocenters. The van der Waals surface area contributed by atoms with Crippen molar-refractivity contribution in [2.24, 2.45) is 7.05 Å². The number of aromatic nitrogens is 2. The van der Waals surface area contributed by atoms with Crippen LogP contribution in [0.3, 0.4) is 0 Å². The summed E-state index contributed by atoms with van der Waals surface area (Å²) in [5.41, 5.74) is 2.38. The maximum Gasteiger partial charge on any atom is 0.195 e. The number of hydrogen-bond acceptors (Lipinski definition) is 3. The van der Waals surface area contributed by atoms with E-state index in [0.29, 0.717) is 11.3 Å². The number of carbonyl (C=O) groups is 1. The first-order valence-corrected chi connectivity index (χ1v) is 4.03. The highest BCUT2D eigenvalue weighted by atomic mass is 16.3. The fourth-order valence-electron chi connectivity index (χ4n) is 1.38. The maximum absolute atomic E-state index is 11.0. The number of furan rings is 1. The molecule has 0 spiro atoms. The van der Waals surface area contributed by atoms with Crippen molar-refractivity contribution in [1.82, 2.24) is 9.78 Å². The van der Waals surface area contributed by atoms with E-state index < -0.39 is 0 Å². The quantitative estimate of drug-likeness (QED) is 0.624. The van der Waals surface area contributed by atoms with Crippen molar-refractivity contribution in [3.63, 3.8) is 0 Å². The highest BCUT2D eigenvalue weighted by molar-refractivity contribution is 5.95. The molecule has 0 aliphatic heterocycles. The molecule has 2 aromatic heterocycles. The smallest absolute Gasteiger partial charge is 0.195 e. The Morgan fingerprint density at radius 1 is 1.62 bits per heavy atom. The highest BCUT2D eigenvalue weighted by Crippen LogP contribution is 2.21. The lowest BCUT2D eigenvalue weighted by molar-refractivity contribution is 0.0989. The zero-order valence-corrected chi connectivity index (χ0v) is 7.79. The zero-order valence-electron chi connectivity index (χ0n) is 7.79. The lowest BCUT2D eigenvalue weighted by Gasteiger charge is -1.87. The van der Waals surface area contributed by atoms with Crippen molar-refractivity contribution < 1.29 is 9.21 Å². The number of rotatable bonds is 1. The number of hydrogen-bond donors (Lipinski definition) is 0. The topological polar surface area (TPSA) is 48.0 Å². The van der Waals surface area contributed by atoms with Gasteiger partial charge in [0.2, 0.25) is 0 Å². The van der Waals surface area contributed by atoms with Gasteiger partial charge in [-0.15, -0.1) is 0 Å². The zero-order chi connectivity index (χ0) is 9.59. The van der Waals surface area contributed by atoms with Gasteiger partial charge in [-0.1, -0.05) is 0 Å². The first-order valence-electron chi connectivity index (χ1n) is 4.03. The Kier molecular flexibility index (Phi) is 1.52. The van der Waals surface area contributed by atoms with Crippen LogP contribution < -0.4 is 0 Å². The molecular weight excluding hydrogens is 168 g/mol. The van der Waals surface area contributed by atoms with Gasteiger partial charge < -0.3 is 4.42 Å². The Balaban J connectivity index is 2.76. The maximum atomic E-state index is 11.0. The predicted molar refractivity (Wildman–Crippen MR) is 47.7 cm³/mol. The number of Topliss-reactive ketones (excluding diaryl/α,β-unsaturated/α-hetero) is 1. The number of carbonyl (C=O) groups excluding carboxylic acids is 1. The van der Waals surface area contributed by atoms with Crippen molar-refractivity contribution >= 4 is 16.9 Å². The number of aryl methyl sites for hydroxylation is 2. The fourth-order valence-corrected chi connectivity index (χ4v) is 1.38. The molecule has 4 nitrogen and oxygen atoms in total. The minimum Gasteiger partial charge on any atom is -0.449 e. The summed E-state index contributed by atoms with van der Waals surface area (Å²) in [6.07, 6.45) is 0. The molecule has 13 heavy (non-hydrogen) atoms. The van der Waals surface area contributed by atoms with Gasteiger partial charge in [0.05, 0.1) is 0 Å². The van der Waals surface area contributed by atoms with E-state index in [1.54, 1.807) is 10.7 Å². The van der Waals surface area contributed by atoms with Gasteiger partial charge in [0, 0.05) is 20.0 Å². The summed E-state index contributed by atoms with van der Waals surface area (Å²) in [6, 6.07) is 1.72. The van der Waals surface area contributed by atoms with Gasteiger partial charge in [0.1, 0.15) is 11.2 Å². The number of ketones is 1. The second-order valence-electron chi connectivity index (χ2n) is 3.09. The van der Waals surface area contributed by atoms with Gasteiger partial charge in [0.25, 0.3) is 0 Å². The molecule has 4 heteroatoms. The molecule has 0 bridgehead atoms. The number of fused-ring (bicyclic) bond motifs is 1. The molecule has 68 valence electrons. The molecule has 0 aromatic carbocycles.